The van der Waals surface area contributed by atoms with Gasteiger partial charge < -0.3 is 52.6 Å². The lowest BCUT2D eigenvalue weighted by Gasteiger charge is -2.42. The van der Waals surface area contributed by atoms with E-state index in [1.54, 1.807) is 41.1 Å². The Hall–Kier alpha value is -3.22. The predicted octanol–water partition coefficient (Wildman–Crippen LogP) is 7.69. The normalized spacial score (nSPS) is 35.9. The Labute approximate surface area is 434 Å². The summed E-state index contributed by atoms with van der Waals surface area (Å²) in [4.78, 5) is 72.5. The van der Waals surface area contributed by atoms with E-state index in [0.717, 1.165) is 5.57 Å². The van der Waals surface area contributed by atoms with Gasteiger partial charge in [0.25, 0.3) is 11.7 Å². The van der Waals surface area contributed by atoms with Gasteiger partial charge in [-0.1, -0.05) is 71.1 Å². The number of ether oxygens (including phenoxy) is 6. The number of methoxy groups -OCH3 is 4. The molecule has 414 valence electrons. The van der Waals surface area contributed by atoms with Crippen molar-refractivity contribution in [3.63, 3.8) is 0 Å². The Morgan fingerprint density at radius 2 is 1.59 bits per heavy atom. The number of Topliss-reactive ketones (excluding diaryl/α,β-unsaturated/α-hetero) is 3. The lowest BCUT2D eigenvalue weighted by Crippen LogP contribution is -2.61. The number of allylic oxidation sites excluding steroid dienone is 6. The van der Waals surface area contributed by atoms with Crippen LogP contribution < -0.4 is 0 Å². The fourth-order valence-electron chi connectivity index (χ4n) is 10.8. The minimum Gasteiger partial charge on any atom is -0.460 e. The molecule has 0 radical (unpaired) electrons. The number of fused-ring (bicyclic) bond motifs is 3. The second-order valence-electron chi connectivity index (χ2n) is 21.3. The molecule has 73 heavy (non-hydrogen) atoms. The molecule has 0 aromatic heterocycles. The van der Waals surface area contributed by atoms with Crippen molar-refractivity contribution in [2.24, 2.45) is 35.5 Å². The van der Waals surface area contributed by atoms with Gasteiger partial charge in [0.1, 0.15) is 18.2 Å². The second kappa shape index (κ2) is 29.3. The fourth-order valence-corrected chi connectivity index (χ4v) is 12.0. The Balaban J connectivity index is 1.68. The van der Waals surface area contributed by atoms with Crippen molar-refractivity contribution in [3.8, 4) is 0 Å². The Kier molecular flexibility index (Phi) is 25.0. The van der Waals surface area contributed by atoms with Crippen LogP contribution in [0.5, 0.6) is 0 Å². The molecule has 2 N–H and O–H groups in total. The summed E-state index contributed by atoms with van der Waals surface area (Å²) in [5.74, 6) is -8.31. The SMILES string of the molecule is COCCOP(C)(=O)O[C@@H]1CCC(C[C@@H](C)C2CC(=O)C(C)=CC(C)[C@@H](O)[C@@H](OC)C(=O)[C@H](C)C[C@H](C)C=CC=CC=C(C)[C@@H](OC)C[C@@H]3CC[C@@H](C)[C@@](O)(O3)C(=O)C(=O)N3CCCCC3C(=O)O2)C[C@H]1OC. The number of nitrogens with zero attached hydrogens (tertiary/aromatic N) is 1. The standard InChI is InChI=1S/C55H88NO16P/c1-34-18-14-13-15-19-35(2)46(66-9)32-42-23-21-40(7)55(63,71-42)52(60)53(61)56-25-17-16-20-43(56)54(62)70-47(33-44(57)36(3)29-39(6)50(59)51(68-11)49(58)38(5)28-34)37(4)30-41-22-24-45(48(31-41)67-10)72-73(12,64)69-27-26-65-8/h13-15,18-19,29,34,37-43,45-48,50-51,59,63H,16-17,20-28,30-33H2,1-12H3/t34-,37-,38-,39?,40-,41?,42+,43?,45-,46+,47?,48-,50-,51+,55-,73?/m1/s1. The molecular formula is C55H88NO16P. The van der Waals surface area contributed by atoms with Gasteiger partial charge in [-0.25, -0.2) is 4.79 Å². The average molecular weight is 1050 g/mol. The molecule has 4 rings (SSSR count). The number of hydrogen-bond acceptors (Lipinski definition) is 16. The molecule has 3 fully saturated rings. The predicted molar refractivity (Wildman–Crippen MR) is 275 cm³/mol. The maximum atomic E-state index is 14.6. The summed E-state index contributed by atoms with van der Waals surface area (Å²) >= 11 is 0. The van der Waals surface area contributed by atoms with Crippen molar-refractivity contribution in [2.75, 3.05) is 54.9 Å². The largest absolute Gasteiger partial charge is 0.460 e. The van der Waals surface area contributed by atoms with Crippen LogP contribution in [0.15, 0.2) is 47.6 Å². The highest BCUT2D eigenvalue weighted by Gasteiger charge is 2.53. The molecule has 1 saturated carbocycles. The highest BCUT2D eigenvalue weighted by Crippen LogP contribution is 2.48. The van der Waals surface area contributed by atoms with E-state index in [0.29, 0.717) is 64.2 Å². The van der Waals surface area contributed by atoms with E-state index in [1.807, 2.05) is 58.1 Å². The van der Waals surface area contributed by atoms with Crippen LogP contribution in [-0.2, 0) is 66.0 Å². The number of amides is 1. The van der Waals surface area contributed by atoms with Gasteiger partial charge in [-0.05, 0) is 107 Å². The van der Waals surface area contributed by atoms with E-state index in [-0.39, 0.29) is 61.6 Å². The quantitative estimate of drug-likeness (QED) is 0.0828. The van der Waals surface area contributed by atoms with Crippen molar-refractivity contribution in [1.29, 1.82) is 0 Å². The average Bonchev–Trinajstić information content (AvgIpc) is 3.35. The summed E-state index contributed by atoms with van der Waals surface area (Å²) in [5, 5.41) is 23.6. The number of carbonyl (C=O) groups excluding carboxylic acids is 5. The Bertz CT molecular complexity index is 2020. The third-order valence-electron chi connectivity index (χ3n) is 15.4. The zero-order valence-electron chi connectivity index (χ0n) is 45.7. The molecule has 5 unspecified atom stereocenters. The molecular weight excluding hydrogens is 962 g/mol. The van der Waals surface area contributed by atoms with Crippen molar-refractivity contribution < 1.29 is 76.2 Å². The number of aliphatic hydroxyl groups excluding tert-OH is 1. The van der Waals surface area contributed by atoms with E-state index in [1.165, 1.54) is 25.8 Å². The van der Waals surface area contributed by atoms with Crippen LogP contribution >= 0.6 is 7.60 Å². The summed E-state index contributed by atoms with van der Waals surface area (Å²) < 4.78 is 59.5. The summed E-state index contributed by atoms with van der Waals surface area (Å²) in [6, 6.07) is -1.18. The van der Waals surface area contributed by atoms with E-state index in [9.17, 15) is 38.8 Å². The summed E-state index contributed by atoms with van der Waals surface area (Å²) in [6.45, 7) is 14.5. The van der Waals surface area contributed by atoms with Gasteiger partial charge in [-0.3, -0.25) is 23.7 Å². The van der Waals surface area contributed by atoms with E-state index in [4.69, 9.17) is 37.5 Å². The number of rotatable bonds is 12. The first-order valence-corrected chi connectivity index (χ1v) is 28.4. The topological polar surface area (TPSA) is 220 Å². The molecule has 4 aliphatic rings. The molecule has 0 spiro atoms. The zero-order chi connectivity index (χ0) is 54.2. The highest BCUT2D eigenvalue weighted by atomic mass is 31.2. The smallest absolute Gasteiger partial charge is 0.329 e. The van der Waals surface area contributed by atoms with Gasteiger partial charge in [0.15, 0.2) is 11.6 Å². The van der Waals surface area contributed by atoms with Crippen LogP contribution in [0.2, 0.25) is 0 Å². The number of cyclic esters (lactones) is 1. The fraction of sp³-hybridized carbons (Fsp3) is 0.764. The second-order valence-corrected chi connectivity index (χ2v) is 23.3. The van der Waals surface area contributed by atoms with Gasteiger partial charge in [0, 0.05) is 72.2 Å². The number of hydrogen-bond donors (Lipinski definition) is 2. The molecule has 17 nitrogen and oxygen atoms in total. The van der Waals surface area contributed by atoms with Crippen molar-refractivity contribution in [1.82, 2.24) is 4.90 Å². The van der Waals surface area contributed by atoms with Crippen molar-refractivity contribution in [3.05, 3.63) is 47.6 Å². The summed E-state index contributed by atoms with van der Waals surface area (Å²) in [6.07, 6.45) is 10.6. The van der Waals surface area contributed by atoms with E-state index < -0.39 is 103 Å². The molecule has 18 heteroatoms. The number of aliphatic hydroxyl groups is 2. The third-order valence-corrected chi connectivity index (χ3v) is 16.7. The molecule has 1 amide bonds. The Morgan fingerprint density at radius 1 is 0.863 bits per heavy atom. The molecule has 2 bridgehead atoms. The van der Waals surface area contributed by atoms with Crippen LogP contribution in [0.3, 0.4) is 0 Å². The molecule has 0 aromatic carbocycles. The van der Waals surface area contributed by atoms with Gasteiger partial charge in [-0.2, -0.15) is 0 Å². The Morgan fingerprint density at radius 3 is 2.26 bits per heavy atom. The summed E-state index contributed by atoms with van der Waals surface area (Å²) in [7, 11) is 2.61. The molecule has 2 saturated heterocycles. The van der Waals surface area contributed by atoms with Gasteiger partial charge in [-0.15, -0.1) is 0 Å². The van der Waals surface area contributed by atoms with Crippen molar-refractivity contribution in [2.45, 2.75) is 180 Å². The third kappa shape index (κ3) is 17.7. The first-order valence-electron chi connectivity index (χ1n) is 26.4. The molecule has 16 atom stereocenters. The van der Waals surface area contributed by atoms with Crippen LogP contribution in [-0.4, -0.2) is 154 Å². The number of piperidine rings is 1. The highest BCUT2D eigenvalue weighted by molar-refractivity contribution is 7.53. The number of esters is 1. The zero-order valence-corrected chi connectivity index (χ0v) is 46.6. The molecule has 0 aromatic rings. The first kappa shape index (κ1) is 62.3. The van der Waals surface area contributed by atoms with Crippen LogP contribution in [0.1, 0.15) is 126 Å². The number of carbonyl (C=O) groups is 5. The number of ketones is 3. The first-order chi connectivity index (χ1) is 34.5. The maximum absolute atomic E-state index is 14.6. The van der Waals surface area contributed by atoms with E-state index >= 15 is 0 Å². The van der Waals surface area contributed by atoms with Crippen LogP contribution in [0, 0.1) is 35.5 Å². The summed E-state index contributed by atoms with van der Waals surface area (Å²) in [5.41, 5.74) is 1.16. The van der Waals surface area contributed by atoms with Crippen LogP contribution in [0.4, 0.5) is 0 Å². The van der Waals surface area contributed by atoms with E-state index in [2.05, 4.69) is 0 Å². The molecule has 1 aliphatic carbocycles. The van der Waals surface area contributed by atoms with Crippen LogP contribution in [0.25, 0.3) is 0 Å². The molecule has 3 heterocycles. The van der Waals surface area contributed by atoms with Crippen molar-refractivity contribution >= 4 is 36.8 Å². The minimum atomic E-state index is -3.43. The monoisotopic (exact) mass is 1050 g/mol. The minimum absolute atomic E-state index is 0.00548. The van der Waals surface area contributed by atoms with Gasteiger partial charge in [0.2, 0.25) is 5.79 Å². The lowest BCUT2D eigenvalue weighted by atomic mass is 9.78. The lowest BCUT2D eigenvalue weighted by molar-refractivity contribution is -0.265. The maximum Gasteiger partial charge on any atom is 0.329 e. The van der Waals surface area contributed by atoms with Gasteiger partial charge in [0.05, 0.1) is 43.7 Å². The van der Waals surface area contributed by atoms with Gasteiger partial charge >= 0.3 is 13.6 Å². The molecule has 3 aliphatic heterocycles.